The van der Waals surface area contributed by atoms with E-state index in [4.69, 9.17) is 0 Å². The van der Waals surface area contributed by atoms with Crippen molar-refractivity contribution < 1.29 is 14.7 Å². The lowest BCUT2D eigenvalue weighted by Crippen LogP contribution is -2.16. The number of hydrogen-bond donors (Lipinski definition) is 2. The van der Waals surface area contributed by atoms with Crippen LogP contribution in [0.4, 0.5) is 5.69 Å². The van der Waals surface area contributed by atoms with Crippen LogP contribution in [0.25, 0.3) is 0 Å². The van der Waals surface area contributed by atoms with Crippen molar-refractivity contribution >= 4 is 29.3 Å². The molecule has 0 aliphatic heterocycles. The average molecular weight is 515 g/mol. The summed E-state index contributed by atoms with van der Waals surface area (Å²) in [5, 5.41) is 22.0. The monoisotopic (exact) mass is 514 g/mol. The van der Waals surface area contributed by atoms with Gasteiger partial charge < -0.3 is 15.0 Å². The smallest absolute Gasteiger partial charge is 0.336 e. The van der Waals surface area contributed by atoms with Gasteiger partial charge in [0.05, 0.1) is 17.7 Å². The van der Waals surface area contributed by atoms with E-state index in [9.17, 15) is 14.7 Å². The summed E-state index contributed by atoms with van der Waals surface area (Å²) >= 11 is 1.68. The van der Waals surface area contributed by atoms with Crippen LogP contribution in [0.3, 0.4) is 0 Å². The van der Waals surface area contributed by atoms with Crippen LogP contribution in [0.1, 0.15) is 63.0 Å². The third-order valence-corrected chi connectivity index (χ3v) is 6.99. The first-order valence-corrected chi connectivity index (χ1v) is 13.3. The Balaban J connectivity index is 1.48. The summed E-state index contributed by atoms with van der Waals surface area (Å²) in [6.45, 7) is 4.88. The van der Waals surface area contributed by atoms with Crippen molar-refractivity contribution in [2.45, 2.75) is 50.6 Å². The fraction of sp³-hybridized carbons (Fsp3) is 0.241. The van der Waals surface area contributed by atoms with Gasteiger partial charge in [0.1, 0.15) is 5.82 Å². The number of rotatable bonds is 11. The molecule has 0 bridgehead atoms. The predicted molar refractivity (Wildman–Crippen MR) is 146 cm³/mol. The predicted octanol–water partition coefficient (Wildman–Crippen LogP) is 6.22. The van der Waals surface area contributed by atoms with Crippen molar-refractivity contribution in [2.24, 2.45) is 0 Å². The molecule has 0 aliphatic carbocycles. The lowest BCUT2D eigenvalue weighted by atomic mass is 10.1. The molecule has 190 valence electrons. The molecule has 0 radical (unpaired) electrons. The van der Waals surface area contributed by atoms with E-state index in [1.807, 2.05) is 24.3 Å². The quantitative estimate of drug-likeness (QED) is 0.231. The van der Waals surface area contributed by atoms with Gasteiger partial charge in [-0.05, 0) is 48.7 Å². The van der Waals surface area contributed by atoms with Crippen LogP contribution in [0.15, 0.2) is 78.0 Å². The van der Waals surface area contributed by atoms with Crippen LogP contribution in [0.5, 0.6) is 0 Å². The van der Waals surface area contributed by atoms with E-state index < -0.39 is 11.9 Å². The molecule has 0 unspecified atom stereocenters. The van der Waals surface area contributed by atoms with Crippen molar-refractivity contribution in [3.63, 3.8) is 0 Å². The maximum Gasteiger partial charge on any atom is 0.336 e. The van der Waals surface area contributed by atoms with Crippen LogP contribution < -0.4 is 5.32 Å². The van der Waals surface area contributed by atoms with E-state index in [-0.39, 0.29) is 11.1 Å². The second kappa shape index (κ2) is 12.4. The van der Waals surface area contributed by atoms with Crippen molar-refractivity contribution in [3.8, 4) is 0 Å². The normalized spacial score (nSPS) is 10.9. The number of carboxylic acid groups (broad SMARTS) is 1. The fourth-order valence-electron chi connectivity index (χ4n) is 4.00. The molecule has 2 N–H and O–H groups in total. The highest BCUT2D eigenvalue weighted by atomic mass is 32.2. The van der Waals surface area contributed by atoms with Gasteiger partial charge in [0.15, 0.2) is 5.16 Å². The van der Waals surface area contributed by atoms with Crippen molar-refractivity contribution in [1.82, 2.24) is 14.8 Å². The van der Waals surface area contributed by atoms with Crippen LogP contribution in [-0.4, -0.2) is 31.7 Å². The molecular formula is C29H30N4O3S. The number of carbonyl (C=O) groups is 2. The van der Waals surface area contributed by atoms with Crippen molar-refractivity contribution in [1.29, 1.82) is 0 Å². The molecule has 4 rings (SSSR count). The molecule has 0 spiro atoms. The van der Waals surface area contributed by atoms with Crippen molar-refractivity contribution in [2.75, 3.05) is 5.32 Å². The zero-order valence-electron chi connectivity index (χ0n) is 21.0. The molecule has 1 heterocycles. The largest absolute Gasteiger partial charge is 0.478 e. The zero-order chi connectivity index (χ0) is 26.2. The number of carboxylic acids is 1. The van der Waals surface area contributed by atoms with Crippen LogP contribution in [0.2, 0.25) is 0 Å². The lowest BCUT2D eigenvalue weighted by molar-refractivity contribution is 0.0692. The van der Waals surface area contributed by atoms with Gasteiger partial charge in [0.2, 0.25) is 0 Å². The Kier molecular flexibility index (Phi) is 8.74. The van der Waals surface area contributed by atoms with E-state index in [0.29, 0.717) is 12.2 Å². The molecule has 37 heavy (non-hydrogen) atoms. The first-order valence-electron chi connectivity index (χ1n) is 12.3. The molecule has 8 heteroatoms. The number of anilines is 1. The minimum atomic E-state index is -1.13. The standard InChI is InChI=1S/C29H30N4O3S/c1-3-4-12-26-31-32-29(37-19-22-9-7-8-20(2)17-22)33(26)18-21-13-15-23(16-14-21)30-27(34)24-10-5-6-11-25(24)28(35)36/h5-11,13-17H,3-4,12,18-19H2,1-2H3,(H,30,34)(H,35,36). The topological polar surface area (TPSA) is 97.1 Å². The van der Waals surface area contributed by atoms with Crippen LogP contribution in [0, 0.1) is 6.92 Å². The van der Waals surface area contributed by atoms with E-state index in [1.54, 1.807) is 23.9 Å². The summed E-state index contributed by atoms with van der Waals surface area (Å²) in [4.78, 5) is 24.1. The summed E-state index contributed by atoms with van der Waals surface area (Å²) in [7, 11) is 0. The Morgan fingerprint density at radius 1 is 0.946 bits per heavy atom. The van der Waals surface area contributed by atoms with Crippen LogP contribution in [-0.2, 0) is 18.7 Å². The molecule has 7 nitrogen and oxygen atoms in total. The SMILES string of the molecule is CCCCc1nnc(SCc2cccc(C)c2)n1Cc1ccc(NC(=O)c2ccccc2C(=O)O)cc1. The number of nitrogens with one attached hydrogen (secondary N) is 1. The highest BCUT2D eigenvalue weighted by molar-refractivity contribution is 7.98. The Bertz CT molecular complexity index is 1380. The molecule has 0 fully saturated rings. The number of unbranched alkanes of at least 4 members (excludes halogenated alkanes) is 1. The Morgan fingerprint density at radius 3 is 2.41 bits per heavy atom. The summed E-state index contributed by atoms with van der Waals surface area (Å²) in [6, 6.07) is 22.2. The number of aromatic nitrogens is 3. The third kappa shape index (κ3) is 6.86. The molecule has 0 aliphatic rings. The van der Waals surface area contributed by atoms with Gasteiger partial charge in [-0.15, -0.1) is 10.2 Å². The van der Waals surface area contributed by atoms with E-state index in [0.717, 1.165) is 41.6 Å². The zero-order valence-corrected chi connectivity index (χ0v) is 21.8. The first-order chi connectivity index (χ1) is 17.9. The number of carbonyl (C=O) groups excluding carboxylic acids is 1. The minimum Gasteiger partial charge on any atom is -0.478 e. The van der Waals surface area contributed by atoms with Gasteiger partial charge in [-0.25, -0.2) is 4.79 Å². The highest BCUT2D eigenvalue weighted by Gasteiger charge is 2.16. The average Bonchev–Trinajstić information content (AvgIpc) is 3.28. The van der Waals surface area contributed by atoms with E-state index >= 15 is 0 Å². The maximum atomic E-state index is 12.7. The van der Waals surface area contributed by atoms with E-state index in [2.05, 4.69) is 58.2 Å². The molecular weight excluding hydrogens is 484 g/mol. The maximum absolute atomic E-state index is 12.7. The number of hydrogen-bond acceptors (Lipinski definition) is 5. The minimum absolute atomic E-state index is 0.0282. The third-order valence-electron chi connectivity index (χ3n) is 5.95. The van der Waals surface area contributed by atoms with Gasteiger partial charge in [-0.2, -0.15) is 0 Å². The molecule has 0 saturated heterocycles. The first kappa shape index (κ1) is 26.2. The van der Waals surface area contributed by atoms with Crippen molar-refractivity contribution in [3.05, 3.63) is 106 Å². The fourth-order valence-corrected chi connectivity index (χ4v) is 4.90. The summed E-state index contributed by atoms with van der Waals surface area (Å²) < 4.78 is 2.17. The second-order valence-electron chi connectivity index (χ2n) is 8.87. The Morgan fingerprint density at radius 2 is 1.70 bits per heavy atom. The highest BCUT2D eigenvalue weighted by Crippen LogP contribution is 2.24. The van der Waals surface area contributed by atoms with E-state index in [1.165, 1.54) is 23.3 Å². The lowest BCUT2D eigenvalue weighted by Gasteiger charge is -2.12. The molecule has 4 aromatic rings. The Hall–Kier alpha value is -3.91. The molecule has 3 aromatic carbocycles. The van der Waals surface area contributed by atoms with Gasteiger partial charge in [-0.1, -0.05) is 79.2 Å². The number of aryl methyl sites for hydroxylation is 2. The molecule has 0 saturated carbocycles. The van der Waals surface area contributed by atoms with Crippen LogP contribution >= 0.6 is 11.8 Å². The van der Waals surface area contributed by atoms with Gasteiger partial charge in [0.25, 0.3) is 5.91 Å². The summed E-state index contributed by atoms with van der Waals surface area (Å²) in [5.74, 6) is 0.193. The number of thioether (sulfide) groups is 1. The number of aromatic carboxylic acids is 1. The van der Waals surface area contributed by atoms with Gasteiger partial charge in [-0.3, -0.25) is 4.79 Å². The number of amides is 1. The van der Waals surface area contributed by atoms with Gasteiger partial charge >= 0.3 is 5.97 Å². The molecule has 0 atom stereocenters. The molecule has 1 aromatic heterocycles. The molecule has 1 amide bonds. The number of benzene rings is 3. The number of nitrogens with zero attached hydrogens (tertiary/aromatic N) is 3. The second-order valence-corrected chi connectivity index (χ2v) is 9.81. The Labute approximate surface area is 221 Å². The summed E-state index contributed by atoms with van der Waals surface area (Å²) in [6.07, 6.45) is 2.99. The van der Waals surface area contributed by atoms with Gasteiger partial charge in [0, 0.05) is 17.9 Å². The summed E-state index contributed by atoms with van der Waals surface area (Å²) in [5.41, 5.74) is 4.23.